The molecule has 1 heterocycles. The van der Waals surface area contributed by atoms with Crippen LogP contribution >= 0.6 is 0 Å². The molecule has 9 heteroatoms. The van der Waals surface area contributed by atoms with E-state index in [1.54, 1.807) is 12.1 Å². The summed E-state index contributed by atoms with van der Waals surface area (Å²) in [4.78, 5) is 23.2. The number of nitrogens with one attached hydrogen (secondary N) is 3. The van der Waals surface area contributed by atoms with Crippen molar-refractivity contribution >= 4 is 21.8 Å². The average molecular weight is 357 g/mol. The van der Waals surface area contributed by atoms with Crippen LogP contribution in [0.2, 0.25) is 0 Å². The minimum Gasteiger partial charge on any atom is -0.354 e. The number of sulfone groups is 1. The zero-order valence-corrected chi connectivity index (χ0v) is 13.9. The Hall–Kier alpha value is -2.16. The summed E-state index contributed by atoms with van der Waals surface area (Å²) in [6.45, 7) is 0.170. The van der Waals surface area contributed by atoms with Gasteiger partial charge in [0.15, 0.2) is 9.84 Å². The third kappa shape index (κ3) is 6.15. The smallest absolute Gasteiger partial charge is 0.315 e. The molecule has 1 aromatic rings. The maximum atomic E-state index is 12.8. The van der Waals surface area contributed by atoms with Crippen LogP contribution in [0.1, 0.15) is 12.0 Å². The molecule has 2 rings (SSSR count). The molecule has 1 fully saturated rings. The summed E-state index contributed by atoms with van der Waals surface area (Å²) in [7, 11) is -3.06. The van der Waals surface area contributed by atoms with Gasteiger partial charge in [-0.25, -0.2) is 17.6 Å². The summed E-state index contributed by atoms with van der Waals surface area (Å²) in [5.74, 6) is -0.661. The van der Waals surface area contributed by atoms with Crippen molar-refractivity contribution in [3.63, 3.8) is 0 Å². The molecule has 1 saturated heterocycles. The highest BCUT2D eigenvalue weighted by molar-refractivity contribution is 7.91. The largest absolute Gasteiger partial charge is 0.354 e. The van der Waals surface area contributed by atoms with Crippen LogP contribution in [0.5, 0.6) is 0 Å². The van der Waals surface area contributed by atoms with E-state index >= 15 is 0 Å². The highest BCUT2D eigenvalue weighted by Gasteiger charge is 2.28. The lowest BCUT2D eigenvalue weighted by atomic mass is 10.1. The fourth-order valence-electron chi connectivity index (χ4n) is 2.37. The minimum atomic E-state index is -3.06. The van der Waals surface area contributed by atoms with Crippen LogP contribution in [-0.2, 0) is 21.1 Å². The fourth-order valence-corrected chi connectivity index (χ4v) is 4.04. The van der Waals surface area contributed by atoms with E-state index in [2.05, 4.69) is 16.0 Å². The number of carbonyl (C=O) groups excluding carboxylic acids is 2. The molecule has 0 unspecified atom stereocenters. The standard InChI is InChI=1S/C15H20FN3O4S/c16-12-3-1-11(2-4-12)5-7-17-14(20)9-18-15(21)19-13-6-8-24(22,23)10-13/h1-4,13H,5-10H2,(H,17,20)(H2,18,19,21)/t13-/m1/s1. The Morgan fingerprint density at radius 1 is 1.17 bits per heavy atom. The molecule has 0 saturated carbocycles. The molecule has 0 aliphatic carbocycles. The molecule has 0 radical (unpaired) electrons. The lowest BCUT2D eigenvalue weighted by Gasteiger charge is -2.12. The molecule has 24 heavy (non-hydrogen) atoms. The Morgan fingerprint density at radius 3 is 2.50 bits per heavy atom. The highest BCUT2D eigenvalue weighted by atomic mass is 32.2. The van der Waals surface area contributed by atoms with Gasteiger partial charge in [-0.1, -0.05) is 12.1 Å². The fraction of sp³-hybridized carbons (Fsp3) is 0.467. The number of carbonyl (C=O) groups is 2. The first kappa shape index (κ1) is 18.2. The normalized spacial score (nSPS) is 18.8. The van der Waals surface area contributed by atoms with Crippen LogP contribution in [0.3, 0.4) is 0 Å². The average Bonchev–Trinajstić information content (AvgIpc) is 2.86. The van der Waals surface area contributed by atoms with Gasteiger partial charge in [0, 0.05) is 12.6 Å². The van der Waals surface area contributed by atoms with Gasteiger partial charge in [-0.3, -0.25) is 4.79 Å². The zero-order valence-electron chi connectivity index (χ0n) is 13.0. The number of halogens is 1. The monoisotopic (exact) mass is 357 g/mol. The molecule has 132 valence electrons. The second kappa shape index (κ2) is 8.09. The first-order chi connectivity index (χ1) is 11.3. The summed E-state index contributed by atoms with van der Waals surface area (Å²) in [5, 5.41) is 7.56. The van der Waals surface area contributed by atoms with Gasteiger partial charge in [-0.05, 0) is 30.5 Å². The summed E-state index contributed by atoms with van der Waals surface area (Å²) in [6, 6.07) is 5.02. The van der Waals surface area contributed by atoms with Crippen LogP contribution in [-0.4, -0.2) is 51.0 Å². The summed E-state index contributed by atoms with van der Waals surface area (Å²) >= 11 is 0. The summed E-state index contributed by atoms with van der Waals surface area (Å²) in [5.41, 5.74) is 0.893. The van der Waals surface area contributed by atoms with Crippen molar-refractivity contribution in [1.82, 2.24) is 16.0 Å². The quantitative estimate of drug-likeness (QED) is 0.665. The SMILES string of the molecule is O=C(CNC(=O)N[C@@H]1CCS(=O)(=O)C1)NCCc1ccc(F)cc1. The first-order valence-corrected chi connectivity index (χ1v) is 9.42. The molecule has 3 N–H and O–H groups in total. The van der Waals surface area contributed by atoms with E-state index in [1.165, 1.54) is 12.1 Å². The first-order valence-electron chi connectivity index (χ1n) is 7.60. The molecule has 0 aromatic heterocycles. The second-order valence-electron chi connectivity index (χ2n) is 5.65. The number of amides is 3. The van der Waals surface area contributed by atoms with E-state index in [4.69, 9.17) is 0 Å². The number of hydrogen-bond acceptors (Lipinski definition) is 4. The molecule has 0 bridgehead atoms. The van der Waals surface area contributed by atoms with Crippen molar-refractivity contribution in [2.75, 3.05) is 24.6 Å². The third-order valence-corrected chi connectivity index (χ3v) is 5.39. The van der Waals surface area contributed by atoms with Crippen molar-refractivity contribution < 1.29 is 22.4 Å². The van der Waals surface area contributed by atoms with E-state index in [1.807, 2.05) is 0 Å². The molecular weight excluding hydrogens is 337 g/mol. The van der Waals surface area contributed by atoms with Gasteiger partial charge in [0.2, 0.25) is 5.91 Å². The molecule has 7 nitrogen and oxygen atoms in total. The van der Waals surface area contributed by atoms with E-state index in [0.717, 1.165) is 5.56 Å². The number of hydrogen-bond donors (Lipinski definition) is 3. The van der Waals surface area contributed by atoms with Crippen LogP contribution in [0, 0.1) is 5.82 Å². The topological polar surface area (TPSA) is 104 Å². The van der Waals surface area contributed by atoms with Crippen molar-refractivity contribution in [3.05, 3.63) is 35.6 Å². The van der Waals surface area contributed by atoms with Crippen LogP contribution in [0.25, 0.3) is 0 Å². The van der Waals surface area contributed by atoms with Gasteiger partial charge >= 0.3 is 6.03 Å². The second-order valence-corrected chi connectivity index (χ2v) is 7.88. The number of urea groups is 1. The molecule has 0 spiro atoms. The lowest BCUT2D eigenvalue weighted by molar-refractivity contribution is -0.120. The van der Waals surface area contributed by atoms with Gasteiger partial charge in [-0.2, -0.15) is 0 Å². The van der Waals surface area contributed by atoms with E-state index < -0.39 is 21.9 Å². The van der Waals surface area contributed by atoms with Gasteiger partial charge in [-0.15, -0.1) is 0 Å². The number of benzene rings is 1. The maximum Gasteiger partial charge on any atom is 0.315 e. The van der Waals surface area contributed by atoms with Gasteiger partial charge in [0.05, 0.1) is 18.1 Å². The zero-order chi connectivity index (χ0) is 17.6. The summed E-state index contributed by atoms with van der Waals surface area (Å²) < 4.78 is 35.3. The predicted molar refractivity (Wildman–Crippen MR) is 86.7 cm³/mol. The maximum absolute atomic E-state index is 12.8. The lowest BCUT2D eigenvalue weighted by Crippen LogP contribution is -2.46. The Balaban J connectivity index is 1.60. The molecule has 1 aliphatic rings. The molecule has 1 aliphatic heterocycles. The van der Waals surface area contributed by atoms with Crippen molar-refractivity contribution in [2.45, 2.75) is 18.9 Å². The van der Waals surface area contributed by atoms with E-state index in [9.17, 15) is 22.4 Å². The predicted octanol–water partition coefficient (Wildman–Crippen LogP) is -0.0293. The van der Waals surface area contributed by atoms with Crippen LogP contribution < -0.4 is 16.0 Å². The van der Waals surface area contributed by atoms with Crippen molar-refractivity contribution in [1.29, 1.82) is 0 Å². The van der Waals surface area contributed by atoms with Gasteiger partial charge in [0.1, 0.15) is 5.82 Å². The Bertz CT molecular complexity index is 691. The van der Waals surface area contributed by atoms with E-state index in [-0.39, 0.29) is 29.8 Å². The summed E-state index contributed by atoms with van der Waals surface area (Å²) in [6.07, 6.45) is 0.942. The van der Waals surface area contributed by atoms with Crippen molar-refractivity contribution in [2.24, 2.45) is 0 Å². The number of rotatable bonds is 6. The van der Waals surface area contributed by atoms with Gasteiger partial charge in [0.25, 0.3) is 0 Å². The van der Waals surface area contributed by atoms with Gasteiger partial charge < -0.3 is 16.0 Å². The van der Waals surface area contributed by atoms with Crippen molar-refractivity contribution in [3.8, 4) is 0 Å². The van der Waals surface area contributed by atoms with E-state index in [0.29, 0.717) is 19.4 Å². The highest BCUT2D eigenvalue weighted by Crippen LogP contribution is 2.10. The Labute approximate surface area is 139 Å². The molecular formula is C15H20FN3O4S. The Kier molecular flexibility index (Phi) is 6.13. The van der Waals surface area contributed by atoms with Crippen LogP contribution in [0.15, 0.2) is 24.3 Å². The third-order valence-electron chi connectivity index (χ3n) is 3.63. The Morgan fingerprint density at radius 2 is 1.88 bits per heavy atom. The molecule has 1 atom stereocenters. The molecule has 3 amide bonds. The molecule has 1 aromatic carbocycles. The minimum absolute atomic E-state index is 0.0652. The van der Waals surface area contributed by atoms with Crippen LogP contribution in [0.4, 0.5) is 9.18 Å².